The normalized spacial score (nSPS) is 17.7. The summed E-state index contributed by atoms with van der Waals surface area (Å²) in [6.45, 7) is 1.35. The van der Waals surface area contributed by atoms with Gasteiger partial charge in [-0.2, -0.15) is 0 Å². The van der Waals surface area contributed by atoms with Crippen molar-refractivity contribution < 1.29 is 9.53 Å². The summed E-state index contributed by atoms with van der Waals surface area (Å²) in [5, 5.41) is 13.5. The minimum atomic E-state index is -0.0545. The molecule has 3 N–H and O–H groups in total. The third-order valence-corrected chi connectivity index (χ3v) is 5.10. The Morgan fingerprint density at radius 3 is 3.23 bits per heavy atom. The van der Waals surface area contributed by atoms with Gasteiger partial charge in [0, 0.05) is 13.2 Å². The summed E-state index contributed by atoms with van der Waals surface area (Å²) in [7, 11) is 0. The fraction of sp³-hybridized carbons (Fsp3) is 0.462. The van der Waals surface area contributed by atoms with Gasteiger partial charge in [0.05, 0.1) is 16.7 Å². The molecular weight excluding hydrogens is 322 g/mol. The zero-order valence-electron chi connectivity index (χ0n) is 11.9. The molecule has 2 aromatic heterocycles. The molecule has 0 radical (unpaired) electrons. The number of hydrogen-bond donors (Lipinski definition) is 2. The molecule has 1 saturated heterocycles. The van der Waals surface area contributed by atoms with Gasteiger partial charge in [-0.1, -0.05) is 17.8 Å². The number of ether oxygens (including phenoxy) is 1. The Morgan fingerprint density at radius 1 is 1.59 bits per heavy atom. The second kappa shape index (κ2) is 7.12. The van der Waals surface area contributed by atoms with Gasteiger partial charge < -0.3 is 15.9 Å². The Kier molecular flexibility index (Phi) is 4.96. The minimum Gasteiger partial charge on any atom is -0.376 e. The van der Waals surface area contributed by atoms with Crippen LogP contribution in [0.2, 0.25) is 0 Å². The van der Waals surface area contributed by atoms with Gasteiger partial charge in [-0.3, -0.25) is 4.79 Å². The molecule has 1 aliphatic rings. The highest BCUT2D eigenvalue weighted by molar-refractivity contribution is 7.99. The Balaban J connectivity index is 1.50. The fourth-order valence-corrected chi connectivity index (χ4v) is 3.56. The van der Waals surface area contributed by atoms with Crippen molar-refractivity contribution in [2.45, 2.75) is 24.1 Å². The number of amides is 1. The SMILES string of the molecule is Nn1c(SCC(=O)NCC2CCCO2)nnc1-c1cccs1. The highest BCUT2D eigenvalue weighted by atomic mass is 32.2. The van der Waals surface area contributed by atoms with Crippen molar-refractivity contribution in [2.24, 2.45) is 0 Å². The van der Waals surface area contributed by atoms with E-state index in [1.807, 2.05) is 17.5 Å². The molecule has 0 aliphatic carbocycles. The van der Waals surface area contributed by atoms with Crippen molar-refractivity contribution in [3.63, 3.8) is 0 Å². The molecule has 1 atom stereocenters. The topological polar surface area (TPSA) is 95.1 Å². The Morgan fingerprint density at radius 2 is 2.50 bits per heavy atom. The van der Waals surface area contributed by atoms with E-state index in [0.29, 0.717) is 17.5 Å². The predicted molar refractivity (Wildman–Crippen MR) is 86.2 cm³/mol. The molecule has 1 amide bonds. The number of carbonyl (C=O) groups excluding carboxylic acids is 1. The fourth-order valence-electron chi connectivity index (χ4n) is 2.16. The lowest BCUT2D eigenvalue weighted by molar-refractivity contribution is -0.119. The zero-order chi connectivity index (χ0) is 15.4. The zero-order valence-corrected chi connectivity index (χ0v) is 13.5. The molecule has 1 unspecified atom stereocenters. The molecule has 7 nitrogen and oxygen atoms in total. The number of nitrogens with two attached hydrogens (primary N) is 1. The van der Waals surface area contributed by atoms with Crippen LogP contribution in [0.5, 0.6) is 0 Å². The van der Waals surface area contributed by atoms with E-state index in [2.05, 4.69) is 15.5 Å². The van der Waals surface area contributed by atoms with Crippen molar-refractivity contribution in [1.82, 2.24) is 20.2 Å². The molecule has 1 fully saturated rings. The molecular formula is C13H17N5O2S2. The third kappa shape index (κ3) is 3.60. The standard InChI is InChI=1S/C13H17N5O2S2/c14-18-12(10-4-2-6-21-10)16-17-13(18)22-8-11(19)15-7-9-3-1-5-20-9/h2,4,6,9H,1,3,5,7-8,14H2,(H,15,19). The quantitative estimate of drug-likeness (QED) is 0.605. The van der Waals surface area contributed by atoms with Crippen molar-refractivity contribution in [3.8, 4) is 10.7 Å². The number of hydrogen-bond acceptors (Lipinski definition) is 7. The second-order valence-electron chi connectivity index (χ2n) is 4.88. The van der Waals surface area contributed by atoms with Crippen LogP contribution in [0.1, 0.15) is 12.8 Å². The number of rotatable bonds is 6. The van der Waals surface area contributed by atoms with Gasteiger partial charge in [-0.25, -0.2) is 4.68 Å². The molecule has 22 heavy (non-hydrogen) atoms. The van der Waals surface area contributed by atoms with Crippen LogP contribution in [0.25, 0.3) is 10.7 Å². The molecule has 2 aromatic rings. The summed E-state index contributed by atoms with van der Waals surface area (Å²) < 4.78 is 6.88. The minimum absolute atomic E-state index is 0.0545. The molecule has 3 heterocycles. The number of nitrogens with one attached hydrogen (secondary N) is 1. The van der Waals surface area contributed by atoms with Crippen LogP contribution in [-0.4, -0.2) is 45.8 Å². The van der Waals surface area contributed by atoms with E-state index in [-0.39, 0.29) is 17.8 Å². The summed E-state index contributed by atoms with van der Waals surface area (Å²) in [5.41, 5.74) is 0. The van der Waals surface area contributed by atoms with Gasteiger partial charge in [-0.15, -0.1) is 21.5 Å². The van der Waals surface area contributed by atoms with Gasteiger partial charge >= 0.3 is 0 Å². The number of nitrogens with zero attached hydrogens (tertiary/aromatic N) is 3. The van der Waals surface area contributed by atoms with E-state index >= 15 is 0 Å². The maximum atomic E-state index is 11.8. The third-order valence-electron chi connectivity index (χ3n) is 3.29. The Labute approximate surface area is 136 Å². The number of thioether (sulfide) groups is 1. The van der Waals surface area contributed by atoms with E-state index in [0.717, 1.165) is 24.3 Å². The predicted octanol–water partition coefficient (Wildman–Crippen LogP) is 1.11. The lowest BCUT2D eigenvalue weighted by Crippen LogP contribution is -2.33. The lowest BCUT2D eigenvalue weighted by atomic mass is 10.2. The molecule has 0 aromatic carbocycles. The molecule has 9 heteroatoms. The van der Waals surface area contributed by atoms with Crippen LogP contribution in [0, 0.1) is 0 Å². The van der Waals surface area contributed by atoms with Gasteiger partial charge in [0.25, 0.3) is 0 Å². The van der Waals surface area contributed by atoms with E-state index in [1.165, 1.54) is 16.4 Å². The highest BCUT2D eigenvalue weighted by Crippen LogP contribution is 2.24. The second-order valence-corrected chi connectivity index (χ2v) is 6.77. The van der Waals surface area contributed by atoms with Gasteiger partial charge in [0.15, 0.2) is 5.82 Å². The van der Waals surface area contributed by atoms with Crippen LogP contribution in [0.4, 0.5) is 0 Å². The summed E-state index contributed by atoms with van der Waals surface area (Å²) in [4.78, 5) is 12.8. The van der Waals surface area contributed by atoms with Crippen LogP contribution < -0.4 is 11.2 Å². The van der Waals surface area contributed by atoms with Crippen LogP contribution in [0.15, 0.2) is 22.7 Å². The molecule has 1 aliphatic heterocycles. The molecule has 0 saturated carbocycles. The van der Waals surface area contributed by atoms with Crippen molar-refractivity contribution in [3.05, 3.63) is 17.5 Å². The molecule has 0 spiro atoms. The van der Waals surface area contributed by atoms with Crippen LogP contribution in [0.3, 0.4) is 0 Å². The summed E-state index contributed by atoms with van der Waals surface area (Å²) in [6.07, 6.45) is 2.23. The van der Waals surface area contributed by atoms with Gasteiger partial charge in [-0.05, 0) is 24.3 Å². The van der Waals surface area contributed by atoms with Crippen molar-refractivity contribution in [1.29, 1.82) is 0 Å². The Bertz CT molecular complexity index is 622. The molecule has 0 bridgehead atoms. The van der Waals surface area contributed by atoms with E-state index in [4.69, 9.17) is 10.6 Å². The average Bonchev–Trinajstić information content (AvgIpc) is 3.25. The maximum absolute atomic E-state index is 11.8. The van der Waals surface area contributed by atoms with Gasteiger partial charge in [0.1, 0.15) is 0 Å². The number of aromatic nitrogens is 3. The van der Waals surface area contributed by atoms with Crippen LogP contribution >= 0.6 is 23.1 Å². The highest BCUT2D eigenvalue weighted by Gasteiger charge is 2.17. The molecule has 118 valence electrons. The van der Waals surface area contributed by atoms with Crippen molar-refractivity contribution >= 4 is 29.0 Å². The smallest absolute Gasteiger partial charge is 0.230 e. The first-order chi connectivity index (χ1) is 10.7. The van der Waals surface area contributed by atoms with Crippen LogP contribution in [-0.2, 0) is 9.53 Å². The van der Waals surface area contributed by atoms with E-state index < -0.39 is 0 Å². The largest absolute Gasteiger partial charge is 0.376 e. The first-order valence-corrected chi connectivity index (χ1v) is 8.86. The number of thiophene rings is 1. The maximum Gasteiger partial charge on any atom is 0.230 e. The molecule has 3 rings (SSSR count). The first-order valence-electron chi connectivity index (χ1n) is 6.99. The Hall–Kier alpha value is -1.58. The number of carbonyl (C=O) groups is 1. The summed E-state index contributed by atoms with van der Waals surface area (Å²) in [5.74, 6) is 6.79. The van der Waals surface area contributed by atoms with Gasteiger partial charge in [0.2, 0.25) is 11.1 Å². The lowest BCUT2D eigenvalue weighted by Gasteiger charge is -2.10. The van der Waals surface area contributed by atoms with Crippen molar-refractivity contribution in [2.75, 3.05) is 24.7 Å². The monoisotopic (exact) mass is 339 g/mol. The average molecular weight is 339 g/mol. The first kappa shape index (κ1) is 15.3. The van der Waals surface area contributed by atoms with E-state index in [9.17, 15) is 4.79 Å². The number of nitrogen functional groups attached to an aromatic ring is 1. The summed E-state index contributed by atoms with van der Waals surface area (Å²) in [6, 6.07) is 3.86. The summed E-state index contributed by atoms with van der Waals surface area (Å²) >= 11 is 2.82. The van der Waals surface area contributed by atoms with E-state index in [1.54, 1.807) is 11.3 Å².